The molecule has 6 nitrogen and oxygen atoms in total. The van der Waals surface area contributed by atoms with Gasteiger partial charge >= 0.3 is 0 Å². The Hall–Kier alpha value is -1.31. The predicted molar refractivity (Wildman–Crippen MR) is 85.1 cm³/mol. The van der Waals surface area contributed by atoms with Crippen LogP contribution in [-0.2, 0) is 14.8 Å². The summed E-state index contributed by atoms with van der Waals surface area (Å²) in [6.07, 6.45) is 0.627. The molecule has 0 aliphatic rings. The second-order valence-electron chi connectivity index (χ2n) is 4.42. The molecule has 0 radical (unpaired) electrons. The number of rotatable bonds is 11. The molecule has 0 aliphatic heterocycles. The fraction of sp³-hybridized carbons (Fsp3) is 0.600. The van der Waals surface area contributed by atoms with Crippen molar-refractivity contribution in [2.75, 3.05) is 33.0 Å². The third-order valence-corrected chi connectivity index (χ3v) is 4.25. The Morgan fingerprint density at radius 1 is 1.00 bits per heavy atom. The zero-order valence-electron chi connectivity index (χ0n) is 13.4. The van der Waals surface area contributed by atoms with Crippen molar-refractivity contribution >= 4 is 10.0 Å². The van der Waals surface area contributed by atoms with Crippen molar-refractivity contribution in [3.05, 3.63) is 18.2 Å². The molecule has 0 heterocycles. The van der Waals surface area contributed by atoms with Gasteiger partial charge in [-0.05, 0) is 39.3 Å². The molecule has 0 amide bonds. The van der Waals surface area contributed by atoms with Crippen LogP contribution in [0.3, 0.4) is 0 Å². The molecule has 0 spiro atoms. The van der Waals surface area contributed by atoms with Gasteiger partial charge in [0.25, 0.3) is 0 Å². The highest BCUT2D eigenvalue weighted by Crippen LogP contribution is 2.30. The summed E-state index contributed by atoms with van der Waals surface area (Å²) in [4.78, 5) is 0.163. The Bertz CT molecular complexity index is 545. The monoisotopic (exact) mass is 331 g/mol. The van der Waals surface area contributed by atoms with Crippen LogP contribution in [0.4, 0.5) is 0 Å². The van der Waals surface area contributed by atoms with Gasteiger partial charge in [-0.2, -0.15) is 0 Å². The standard InChI is InChI=1S/C15H25NO5S/c1-4-19-11-7-10-16-22(17,18)13-8-9-14(20-5-2)15(12-13)21-6-3/h8-9,12,16H,4-7,10-11H2,1-3H3. The van der Waals surface area contributed by atoms with Crippen molar-refractivity contribution in [1.82, 2.24) is 4.72 Å². The van der Waals surface area contributed by atoms with Crippen molar-refractivity contribution in [2.24, 2.45) is 0 Å². The second kappa shape index (κ2) is 9.66. The van der Waals surface area contributed by atoms with Gasteiger partial charge in [-0.1, -0.05) is 0 Å². The van der Waals surface area contributed by atoms with Gasteiger partial charge in [0, 0.05) is 25.8 Å². The maximum atomic E-state index is 12.2. The first kappa shape index (κ1) is 18.7. The van der Waals surface area contributed by atoms with Crippen LogP contribution in [0.2, 0.25) is 0 Å². The molecule has 1 N–H and O–H groups in total. The molecule has 1 rings (SSSR count). The van der Waals surface area contributed by atoms with E-state index in [1.54, 1.807) is 6.07 Å². The molecular weight excluding hydrogens is 306 g/mol. The van der Waals surface area contributed by atoms with Gasteiger partial charge in [0.2, 0.25) is 10.0 Å². The number of hydrogen-bond donors (Lipinski definition) is 1. The highest BCUT2D eigenvalue weighted by Gasteiger charge is 2.16. The van der Waals surface area contributed by atoms with Crippen molar-refractivity contribution in [1.29, 1.82) is 0 Å². The van der Waals surface area contributed by atoms with Crippen LogP contribution in [0.25, 0.3) is 0 Å². The average molecular weight is 331 g/mol. The van der Waals surface area contributed by atoms with E-state index in [4.69, 9.17) is 14.2 Å². The number of ether oxygens (including phenoxy) is 3. The molecule has 1 aromatic rings. The van der Waals surface area contributed by atoms with E-state index in [2.05, 4.69) is 4.72 Å². The summed E-state index contributed by atoms with van der Waals surface area (Å²) < 4.78 is 43.1. The third kappa shape index (κ3) is 5.82. The maximum Gasteiger partial charge on any atom is 0.240 e. The maximum absolute atomic E-state index is 12.2. The number of hydrogen-bond acceptors (Lipinski definition) is 5. The van der Waals surface area contributed by atoms with E-state index in [9.17, 15) is 8.42 Å². The van der Waals surface area contributed by atoms with Gasteiger partial charge in [0.05, 0.1) is 18.1 Å². The molecule has 0 fully saturated rings. The van der Waals surface area contributed by atoms with Crippen LogP contribution in [0.1, 0.15) is 27.2 Å². The molecule has 0 unspecified atom stereocenters. The molecule has 0 saturated heterocycles. The van der Waals surface area contributed by atoms with Crippen LogP contribution in [-0.4, -0.2) is 41.4 Å². The lowest BCUT2D eigenvalue weighted by Gasteiger charge is -2.13. The molecular formula is C15H25NO5S. The van der Waals surface area contributed by atoms with Gasteiger partial charge in [-0.15, -0.1) is 0 Å². The lowest BCUT2D eigenvalue weighted by molar-refractivity contribution is 0.146. The molecule has 0 bridgehead atoms. The Kier molecular flexibility index (Phi) is 8.22. The van der Waals surface area contributed by atoms with E-state index >= 15 is 0 Å². The fourth-order valence-electron chi connectivity index (χ4n) is 1.81. The van der Waals surface area contributed by atoms with E-state index in [-0.39, 0.29) is 4.90 Å². The van der Waals surface area contributed by atoms with Crippen molar-refractivity contribution in [3.8, 4) is 11.5 Å². The molecule has 1 aromatic carbocycles. The second-order valence-corrected chi connectivity index (χ2v) is 6.19. The van der Waals surface area contributed by atoms with Crippen LogP contribution < -0.4 is 14.2 Å². The summed E-state index contributed by atoms with van der Waals surface area (Å²) in [5.41, 5.74) is 0. The van der Waals surface area contributed by atoms with Crippen LogP contribution in [0.15, 0.2) is 23.1 Å². The Morgan fingerprint density at radius 2 is 1.68 bits per heavy atom. The summed E-state index contributed by atoms with van der Waals surface area (Å²) in [6.45, 7) is 8.02. The van der Waals surface area contributed by atoms with E-state index in [1.807, 2.05) is 20.8 Å². The first-order valence-corrected chi connectivity index (χ1v) is 9.00. The normalized spacial score (nSPS) is 11.4. The lowest BCUT2D eigenvalue weighted by atomic mass is 10.3. The Balaban J connectivity index is 2.78. The fourth-order valence-corrected chi connectivity index (χ4v) is 2.90. The molecule has 126 valence electrons. The minimum absolute atomic E-state index is 0.163. The van der Waals surface area contributed by atoms with Crippen LogP contribution >= 0.6 is 0 Å². The van der Waals surface area contributed by atoms with Crippen molar-refractivity contribution in [3.63, 3.8) is 0 Å². The highest BCUT2D eigenvalue weighted by molar-refractivity contribution is 7.89. The summed E-state index contributed by atoms with van der Waals surface area (Å²) in [5, 5.41) is 0. The zero-order valence-corrected chi connectivity index (χ0v) is 14.2. The molecule has 0 aromatic heterocycles. The minimum Gasteiger partial charge on any atom is -0.490 e. The van der Waals surface area contributed by atoms with Gasteiger partial charge in [-0.3, -0.25) is 0 Å². The zero-order chi connectivity index (χ0) is 16.4. The van der Waals surface area contributed by atoms with Gasteiger partial charge in [0.1, 0.15) is 0 Å². The lowest BCUT2D eigenvalue weighted by Crippen LogP contribution is -2.25. The molecule has 0 atom stereocenters. The average Bonchev–Trinajstić information content (AvgIpc) is 2.49. The predicted octanol–water partition coefficient (Wildman–Crippen LogP) is 2.19. The van der Waals surface area contributed by atoms with E-state index in [0.717, 1.165) is 0 Å². The smallest absolute Gasteiger partial charge is 0.240 e. The molecule has 0 saturated carbocycles. The summed E-state index contributed by atoms with van der Waals surface area (Å²) in [5.74, 6) is 0.973. The van der Waals surface area contributed by atoms with Crippen LogP contribution in [0.5, 0.6) is 11.5 Å². The van der Waals surface area contributed by atoms with Gasteiger partial charge in [-0.25, -0.2) is 13.1 Å². The number of sulfonamides is 1. The van der Waals surface area contributed by atoms with Crippen LogP contribution in [0, 0.1) is 0 Å². The summed E-state index contributed by atoms with van der Waals surface area (Å²) in [7, 11) is -3.56. The number of benzene rings is 1. The quantitative estimate of drug-likeness (QED) is 0.629. The first-order chi connectivity index (χ1) is 10.5. The molecule has 7 heteroatoms. The van der Waals surface area contributed by atoms with E-state index in [1.165, 1.54) is 12.1 Å². The van der Waals surface area contributed by atoms with Crippen molar-refractivity contribution in [2.45, 2.75) is 32.1 Å². The summed E-state index contributed by atoms with van der Waals surface area (Å²) >= 11 is 0. The minimum atomic E-state index is -3.56. The number of nitrogens with one attached hydrogen (secondary N) is 1. The van der Waals surface area contributed by atoms with Gasteiger partial charge in [0.15, 0.2) is 11.5 Å². The molecule has 22 heavy (non-hydrogen) atoms. The summed E-state index contributed by atoms with van der Waals surface area (Å²) in [6, 6.07) is 4.61. The van der Waals surface area contributed by atoms with Gasteiger partial charge < -0.3 is 14.2 Å². The highest BCUT2D eigenvalue weighted by atomic mass is 32.2. The SMILES string of the molecule is CCOCCCNS(=O)(=O)c1ccc(OCC)c(OCC)c1. The Labute approximate surface area is 132 Å². The first-order valence-electron chi connectivity index (χ1n) is 7.52. The molecule has 0 aliphatic carbocycles. The largest absolute Gasteiger partial charge is 0.490 e. The van der Waals surface area contributed by atoms with Crippen molar-refractivity contribution < 1.29 is 22.6 Å². The van der Waals surface area contributed by atoms with E-state index in [0.29, 0.717) is 50.9 Å². The van der Waals surface area contributed by atoms with E-state index < -0.39 is 10.0 Å². The third-order valence-electron chi connectivity index (χ3n) is 2.79. The topological polar surface area (TPSA) is 73.9 Å². The Morgan fingerprint density at radius 3 is 2.32 bits per heavy atom.